The smallest absolute Gasteiger partial charge is 0.191 e. The van der Waals surface area contributed by atoms with Crippen LogP contribution in [0, 0.1) is 5.82 Å². The zero-order chi connectivity index (χ0) is 18.4. The fourth-order valence-corrected chi connectivity index (χ4v) is 3.87. The highest BCUT2D eigenvalue weighted by Crippen LogP contribution is 2.24. The molecule has 0 unspecified atom stereocenters. The minimum atomic E-state index is -0.351. The molecule has 0 amide bonds. The Balaban J connectivity index is 0.00000261. The monoisotopic (exact) mass is 504 g/mol. The van der Waals surface area contributed by atoms with Crippen LogP contribution >= 0.6 is 35.3 Å². The number of ether oxygens (including phenoxy) is 1. The number of guanidine groups is 1. The zero-order valence-corrected chi connectivity index (χ0v) is 18.7. The number of nitrogens with one attached hydrogen (secondary N) is 2. The SMILES string of the molecule is CN=C(NCc1ccc(OC)c(F)c1)NC1CCN(c2cccs2)CC1.I. The molecule has 27 heavy (non-hydrogen) atoms. The van der Waals surface area contributed by atoms with Crippen molar-refractivity contribution in [3.05, 3.63) is 47.1 Å². The van der Waals surface area contributed by atoms with Crippen LogP contribution < -0.4 is 20.3 Å². The van der Waals surface area contributed by atoms with Gasteiger partial charge in [0.1, 0.15) is 0 Å². The number of nitrogens with zero attached hydrogens (tertiary/aromatic N) is 2. The molecule has 1 saturated heterocycles. The summed E-state index contributed by atoms with van der Waals surface area (Å²) in [6.07, 6.45) is 2.13. The number of hydrogen-bond acceptors (Lipinski definition) is 4. The van der Waals surface area contributed by atoms with Crippen LogP contribution in [-0.4, -0.2) is 39.2 Å². The maximum Gasteiger partial charge on any atom is 0.191 e. The lowest BCUT2D eigenvalue weighted by atomic mass is 10.1. The van der Waals surface area contributed by atoms with E-state index >= 15 is 0 Å². The molecule has 0 spiro atoms. The molecule has 0 saturated carbocycles. The number of benzene rings is 1. The van der Waals surface area contributed by atoms with Crippen molar-refractivity contribution >= 4 is 46.3 Å². The van der Waals surface area contributed by atoms with Crippen LogP contribution in [0.1, 0.15) is 18.4 Å². The normalized spacial score (nSPS) is 15.2. The van der Waals surface area contributed by atoms with Gasteiger partial charge in [-0.15, -0.1) is 35.3 Å². The standard InChI is InChI=1S/C19H25FN4OS.HI/c1-21-19(22-13-14-5-6-17(25-2)16(20)12-14)23-15-7-9-24(10-8-15)18-4-3-11-26-18;/h3-6,11-12,15H,7-10,13H2,1-2H3,(H2,21,22,23);1H. The number of piperidine rings is 1. The third-order valence-corrected chi connectivity index (χ3v) is 5.48. The van der Waals surface area contributed by atoms with Crippen molar-refractivity contribution in [1.29, 1.82) is 0 Å². The highest BCUT2D eigenvalue weighted by atomic mass is 127. The molecule has 1 fully saturated rings. The number of hydrogen-bond donors (Lipinski definition) is 2. The van der Waals surface area contributed by atoms with E-state index < -0.39 is 0 Å². The molecular formula is C19H26FIN4OS. The number of rotatable bonds is 5. The zero-order valence-electron chi connectivity index (χ0n) is 15.6. The van der Waals surface area contributed by atoms with E-state index in [0.717, 1.165) is 37.5 Å². The number of methoxy groups -OCH3 is 1. The minimum Gasteiger partial charge on any atom is -0.494 e. The van der Waals surface area contributed by atoms with Crippen molar-refractivity contribution < 1.29 is 9.13 Å². The maximum absolute atomic E-state index is 13.8. The number of anilines is 1. The van der Waals surface area contributed by atoms with Crippen molar-refractivity contribution in [2.75, 3.05) is 32.1 Å². The molecule has 2 aromatic rings. The van der Waals surface area contributed by atoms with Gasteiger partial charge in [0, 0.05) is 32.7 Å². The summed E-state index contributed by atoms with van der Waals surface area (Å²) in [6.45, 7) is 2.59. The molecule has 3 rings (SSSR count). The van der Waals surface area contributed by atoms with Crippen molar-refractivity contribution in [2.45, 2.75) is 25.4 Å². The van der Waals surface area contributed by atoms with Crippen LogP contribution in [0.15, 0.2) is 40.7 Å². The lowest BCUT2D eigenvalue weighted by molar-refractivity contribution is 0.386. The van der Waals surface area contributed by atoms with E-state index in [2.05, 4.69) is 38.0 Å². The fourth-order valence-electron chi connectivity index (χ4n) is 3.09. The van der Waals surface area contributed by atoms with Crippen molar-refractivity contribution in [1.82, 2.24) is 10.6 Å². The Kier molecular flexibility index (Phi) is 8.62. The van der Waals surface area contributed by atoms with Gasteiger partial charge in [-0.1, -0.05) is 6.07 Å². The lowest BCUT2D eigenvalue weighted by Gasteiger charge is -2.33. The van der Waals surface area contributed by atoms with Gasteiger partial charge in [-0.25, -0.2) is 4.39 Å². The Morgan fingerprint density at radius 2 is 2.11 bits per heavy atom. The Hall–Kier alpha value is -1.55. The molecule has 2 heterocycles. The van der Waals surface area contributed by atoms with E-state index in [-0.39, 0.29) is 35.5 Å². The first-order chi connectivity index (χ1) is 12.7. The van der Waals surface area contributed by atoms with Crippen LogP contribution in [0.2, 0.25) is 0 Å². The van der Waals surface area contributed by atoms with Gasteiger partial charge >= 0.3 is 0 Å². The van der Waals surface area contributed by atoms with Crippen molar-refractivity contribution in [3.63, 3.8) is 0 Å². The van der Waals surface area contributed by atoms with Crippen LogP contribution in [0.4, 0.5) is 9.39 Å². The average molecular weight is 504 g/mol. The second-order valence-electron chi connectivity index (χ2n) is 6.25. The fraction of sp³-hybridized carbons (Fsp3) is 0.421. The third kappa shape index (κ3) is 5.97. The summed E-state index contributed by atoms with van der Waals surface area (Å²) in [5.41, 5.74) is 0.846. The number of thiophene rings is 1. The molecule has 5 nitrogen and oxygen atoms in total. The summed E-state index contributed by atoms with van der Waals surface area (Å²) in [7, 11) is 3.22. The molecule has 2 N–H and O–H groups in total. The molecular weight excluding hydrogens is 478 g/mol. The summed E-state index contributed by atoms with van der Waals surface area (Å²) < 4.78 is 18.7. The van der Waals surface area contributed by atoms with Gasteiger partial charge < -0.3 is 20.3 Å². The largest absolute Gasteiger partial charge is 0.494 e. The summed E-state index contributed by atoms with van der Waals surface area (Å²) in [6, 6.07) is 9.64. The summed E-state index contributed by atoms with van der Waals surface area (Å²) in [4.78, 5) is 6.72. The number of aliphatic imine (C=N–C) groups is 1. The van der Waals surface area contributed by atoms with E-state index in [4.69, 9.17) is 4.74 Å². The first kappa shape index (κ1) is 21.7. The van der Waals surface area contributed by atoms with Gasteiger partial charge in [0.05, 0.1) is 12.1 Å². The van der Waals surface area contributed by atoms with Crippen LogP contribution in [0.3, 0.4) is 0 Å². The van der Waals surface area contributed by atoms with Gasteiger partial charge in [-0.3, -0.25) is 4.99 Å². The van der Waals surface area contributed by atoms with Crippen LogP contribution in [0.25, 0.3) is 0 Å². The maximum atomic E-state index is 13.8. The summed E-state index contributed by atoms with van der Waals surface area (Å²) in [5.74, 6) is 0.653. The predicted molar refractivity (Wildman–Crippen MR) is 121 cm³/mol. The molecule has 1 aromatic heterocycles. The van der Waals surface area contributed by atoms with Gasteiger partial charge in [-0.2, -0.15) is 0 Å². The number of halogens is 2. The predicted octanol–water partition coefficient (Wildman–Crippen LogP) is 3.85. The van der Waals surface area contributed by atoms with Crippen LogP contribution in [-0.2, 0) is 6.54 Å². The summed E-state index contributed by atoms with van der Waals surface area (Å²) in [5, 5.41) is 10.2. The Morgan fingerprint density at radius 3 is 2.70 bits per heavy atom. The van der Waals surface area contributed by atoms with E-state index in [1.165, 1.54) is 18.2 Å². The highest BCUT2D eigenvalue weighted by Gasteiger charge is 2.20. The van der Waals surface area contributed by atoms with Gasteiger partial charge in [0.15, 0.2) is 17.5 Å². The molecule has 148 valence electrons. The Labute approximate surface area is 181 Å². The Morgan fingerprint density at radius 1 is 1.33 bits per heavy atom. The van der Waals surface area contributed by atoms with Crippen molar-refractivity contribution in [3.8, 4) is 5.75 Å². The van der Waals surface area contributed by atoms with Crippen LogP contribution in [0.5, 0.6) is 5.75 Å². The Bertz CT molecular complexity index is 733. The average Bonchev–Trinajstić information content (AvgIpc) is 3.20. The quantitative estimate of drug-likeness (QED) is 0.369. The lowest BCUT2D eigenvalue weighted by Crippen LogP contribution is -2.48. The second kappa shape index (κ2) is 10.7. The van der Waals surface area contributed by atoms with Gasteiger partial charge in [-0.05, 0) is 48.1 Å². The van der Waals surface area contributed by atoms with E-state index in [0.29, 0.717) is 12.6 Å². The molecule has 8 heteroatoms. The first-order valence-corrected chi connectivity index (χ1v) is 9.65. The highest BCUT2D eigenvalue weighted by molar-refractivity contribution is 14.0. The van der Waals surface area contributed by atoms with E-state index in [9.17, 15) is 4.39 Å². The molecule has 1 aliphatic rings. The third-order valence-electron chi connectivity index (χ3n) is 4.55. The van der Waals surface area contributed by atoms with Crippen molar-refractivity contribution in [2.24, 2.45) is 4.99 Å². The topological polar surface area (TPSA) is 48.9 Å². The van der Waals surface area contributed by atoms with Gasteiger partial charge in [0.25, 0.3) is 0 Å². The molecule has 0 radical (unpaired) electrons. The molecule has 0 bridgehead atoms. The molecule has 1 aliphatic heterocycles. The first-order valence-electron chi connectivity index (χ1n) is 8.77. The van der Waals surface area contributed by atoms with E-state index in [1.807, 2.05) is 6.07 Å². The van der Waals surface area contributed by atoms with Gasteiger partial charge in [0.2, 0.25) is 0 Å². The second-order valence-corrected chi connectivity index (χ2v) is 7.18. The molecule has 1 aromatic carbocycles. The van der Waals surface area contributed by atoms with E-state index in [1.54, 1.807) is 24.5 Å². The summed E-state index contributed by atoms with van der Waals surface area (Å²) >= 11 is 1.79. The molecule has 0 atom stereocenters. The minimum absolute atomic E-state index is 0. The molecule has 0 aliphatic carbocycles.